The topological polar surface area (TPSA) is 67.8 Å². The van der Waals surface area contributed by atoms with Gasteiger partial charge in [0.1, 0.15) is 0 Å². The maximum absolute atomic E-state index is 9.89. The summed E-state index contributed by atoms with van der Waals surface area (Å²) in [4.78, 5) is 2.84. The fourth-order valence-corrected chi connectivity index (χ4v) is 9.17. The molecule has 0 amide bonds. The smallest absolute Gasteiger partial charge is 0.0691 e. The van der Waals surface area contributed by atoms with Gasteiger partial charge in [-0.3, -0.25) is 4.90 Å². The Hall–Kier alpha value is -0.460. The minimum Gasteiger partial charge on any atom is -0.392 e. The predicted octanol–water partition coefficient (Wildman–Crippen LogP) is 8.81. The van der Waals surface area contributed by atoms with E-state index >= 15 is 0 Å². The maximum atomic E-state index is 9.89. The first-order valence-corrected chi connectivity index (χ1v) is 20.3. The molecule has 8 atom stereocenters. The monoisotopic (exact) mass is 630 g/mol. The van der Waals surface area contributed by atoms with E-state index in [1.165, 1.54) is 154 Å². The van der Waals surface area contributed by atoms with E-state index in [1.54, 1.807) is 5.57 Å². The molecule has 45 heavy (non-hydrogen) atoms. The Labute approximate surface area is 279 Å². The van der Waals surface area contributed by atoms with Crippen LogP contribution >= 0.6 is 0 Å². The quantitative estimate of drug-likeness (QED) is 0.0712. The van der Waals surface area contributed by atoms with Gasteiger partial charge in [-0.25, -0.2) is 0 Å². The number of hydrogen-bond donors (Lipinski definition) is 4. The van der Waals surface area contributed by atoms with E-state index in [9.17, 15) is 10.2 Å². The molecule has 5 heteroatoms. The normalized spacial score (nSPS) is 32.5. The van der Waals surface area contributed by atoms with Crippen molar-refractivity contribution in [1.82, 2.24) is 15.5 Å². The standard InChI is InChI=1S/C40H75N3O2/c1-32-39(44)27-25-36(41-32)22-17-13-9-5-3-7-11-15-20-34-30-35(38-24-19-29-43(38)31-34)21-16-12-8-4-6-10-14-18-23-37-26-28-40(45)33(2)42-37/h30,32-33,35-42,44-45H,3-29,31H2,1-2H3/t32-,33-,35?,36+,37+,38?,39-,40+/m0/s1. The van der Waals surface area contributed by atoms with Gasteiger partial charge in [0.15, 0.2) is 0 Å². The van der Waals surface area contributed by atoms with Gasteiger partial charge in [-0.05, 0) is 96.9 Å². The predicted molar refractivity (Wildman–Crippen MR) is 192 cm³/mol. The number of nitrogens with zero attached hydrogens (tertiary/aromatic N) is 1. The molecule has 3 fully saturated rings. The summed E-state index contributed by atoms with van der Waals surface area (Å²) in [6.07, 6.45) is 37.4. The van der Waals surface area contributed by atoms with Crippen LogP contribution in [0.15, 0.2) is 11.6 Å². The molecule has 0 spiro atoms. The van der Waals surface area contributed by atoms with Crippen molar-refractivity contribution in [3.8, 4) is 0 Å². The Bertz CT molecular complexity index is 804. The van der Waals surface area contributed by atoms with Crippen LogP contribution in [0.3, 0.4) is 0 Å². The van der Waals surface area contributed by atoms with E-state index in [2.05, 4.69) is 35.5 Å². The number of rotatable bonds is 22. The number of nitrogens with one attached hydrogen (secondary N) is 2. The van der Waals surface area contributed by atoms with Gasteiger partial charge in [-0.2, -0.15) is 0 Å². The number of unbranched alkanes of at least 4 members (excludes halogenated alkanes) is 14. The summed E-state index contributed by atoms with van der Waals surface area (Å²) < 4.78 is 0. The molecule has 3 saturated heterocycles. The van der Waals surface area contributed by atoms with Gasteiger partial charge in [-0.1, -0.05) is 108 Å². The fourth-order valence-electron chi connectivity index (χ4n) is 9.17. The second kappa shape index (κ2) is 21.5. The maximum Gasteiger partial charge on any atom is 0.0691 e. The highest BCUT2D eigenvalue weighted by Gasteiger charge is 2.34. The minimum atomic E-state index is -0.142. The van der Waals surface area contributed by atoms with Crippen molar-refractivity contribution in [2.45, 2.75) is 223 Å². The lowest BCUT2D eigenvalue weighted by Gasteiger charge is -2.36. The number of piperidine rings is 2. The molecule has 262 valence electrons. The molecule has 0 aromatic carbocycles. The molecule has 2 unspecified atom stereocenters. The molecule has 0 radical (unpaired) electrons. The summed E-state index contributed by atoms with van der Waals surface area (Å²) in [7, 11) is 0. The molecule has 4 N–H and O–H groups in total. The lowest BCUT2D eigenvalue weighted by Crippen LogP contribution is -2.48. The molecule has 0 saturated carbocycles. The summed E-state index contributed by atoms with van der Waals surface area (Å²) in [5.74, 6) is 0.825. The van der Waals surface area contributed by atoms with Gasteiger partial charge in [0.05, 0.1) is 12.2 Å². The highest BCUT2D eigenvalue weighted by atomic mass is 16.3. The Morgan fingerprint density at radius 1 is 0.600 bits per heavy atom. The zero-order valence-electron chi connectivity index (χ0n) is 29.8. The van der Waals surface area contributed by atoms with Gasteiger partial charge in [0.25, 0.3) is 0 Å². The van der Waals surface area contributed by atoms with Crippen LogP contribution in [-0.4, -0.2) is 70.6 Å². The van der Waals surface area contributed by atoms with Crippen molar-refractivity contribution in [1.29, 1.82) is 0 Å². The first-order chi connectivity index (χ1) is 22.0. The highest BCUT2D eigenvalue weighted by Crippen LogP contribution is 2.35. The van der Waals surface area contributed by atoms with Crippen LogP contribution in [0.1, 0.15) is 181 Å². The lowest BCUT2D eigenvalue weighted by atomic mass is 9.85. The van der Waals surface area contributed by atoms with E-state index in [4.69, 9.17) is 0 Å². The Morgan fingerprint density at radius 2 is 1.07 bits per heavy atom. The first-order valence-electron chi connectivity index (χ1n) is 20.3. The summed E-state index contributed by atoms with van der Waals surface area (Å²) in [6.45, 7) is 6.86. The van der Waals surface area contributed by atoms with Crippen LogP contribution in [0.4, 0.5) is 0 Å². The largest absolute Gasteiger partial charge is 0.392 e. The molecule has 0 aromatic heterocycles. The number of aliphatic hydroxyl groups excluding tert-OH is 2. The number of hydrogen-bond acceptors (Lipinski definition) is 5. The molecular formula is C40H75N3O2. The van der Waals surface area contributed by atoms with Gasteiger partial charge in [-0.15, -0.1) is 0 Å². The minimum absolute atomic E-state index is 0.141. The zero-order valence-corrected chi connectivity index (χ0v) is 29.8. The third-order valence-electron chi connectivity index (χ3n) is 12.2. The second-order valence-corrected chi connectivity index (χ2v) is 16.0. The number of aliphatic hydroxyl groups is 2. The molecule has 4 heterocycles. The van der Waals surface area contributed by atoms with Crippen molar-refractivity contribution in [3.05, 3.63) is 11.6 Å². The van der Waals surface area contributed by atoms with E-state index in [0.29, 0.717) is 12.1 Å². The zero-order chi connectivity index (χ0) is 31.7. The van der Waals surface area contributed by atoms with E-state index in [0.717, 1.165) is 37.6 Å². The van der Waals surface area contributed by atoms with Crippen molar-refractivity contribution in [3.63, 3.8) is 0 Å². The Balaban J connectivity index is 0.963. The molecule has 4 aliphatic rings. The average molecular weight is 630 g/mol. The average Bonchev–Trinajstić information content (AvgIpc) is 3.51. The third kappa shape index (κ3) is 13.9. The Kier molecular flexibility index (Phi) is 17.8. The summed E-state index contributed by atoms with van der Waals surface area (Å²) in [5, 5.41) is 27.0. The van der Waals surface area contributed by atoms with Crippen LogP contribution in [-0.2, 0) is 0 Å². The van der Waals surface area contributed by atoms with Crippen LogP contribution in [0.5, 0.6) is 0 Å². The SMILES string of the molecule is C[C@@H]1N[C@H](CCCCCCCCCCC2C=C(CCCCCCCCCC[C@@H]3CC[C@H](O)[C@H](C)N3)CN3CCCC23)CC[C@H]1O. The third-order valence-corrected chi connectivity index (χ3v) is 12.2. The van der Waals surface area contributed by atoms with Crippen LogP contribution in [0.25, 0.3) is 0 Å². The van der Waals surface area contributed by atoms with E-state index in [-0.39, 0.29) is 24.3 Å². The van der Waals surface area contributed by atoms with Crippen molar-refractivity contribution < 1.29 is 10.2 Å². The van der Waals surface area contributed by atoms with Crippen LogP contribution in [0, 0.1) is 5.92 Å². The lowest BCUT2D eigenvalue weighted by molar-refractivity contribution is 0.0848. The van der Waals surface area contributed by atoms with E-state index in [1.807, 2.05) is 0 Å². The van der Waals surface area contributed by atoms with Gasteiger partial charge in [0.2, 0.25) is 0 Å². The molecule has 0 aliphatic carbocycles. The van der Waals surface area contributed by atoms with Gasteiger partial charge < -0.3 is 20.8 Å². The molecular weight excluding hydrogens is 554 g/mol. The molecule has 0 aromatic rings. The van der Waals surface area contributed by atoms with Gasteiger partial charge in [0, 0.05) is 36.8 Å². The highest BCUT2D eigenvalue weighted by molar-refractivity contribution is 5.15. The van der Waals surface area contributed by atoms with Crippen molar-refractivity contribution in [2.24, 2.45) is 5.92 Å². The summed E-state index contributed by atoms with van der Waals surface area (Å²) in [5.41, 5.74) is 1.77. The molecule has 4 aliphatic heterocycles. The second-order valence-electron chi connectivity index (χ2n) is 16.0. The Morgan fingerprint density at radius 3 is 1.58 bits per heavy atom. The fraction of sp³-hybridized carbons (Fsp3) is 0.950. The van der Waals surface area contributed by atoms with Gasteiger partial charge >= 0.3 is 0 Å². The number of fused-ring (bicyclic) bond motifs is 1. The summed E-state index contributed by atoms with van der Waals surface area (Å²) >= 11 is 0. The van der Waals surface area contributed by atoms with E-state index < -0.39 is 0 Å². The molecule has 0 bridgehead atoms. The summed E-state index contributed by atoms with van der Waals surface area (Å²) in [6, 6.07) is 2.66. The van der Waals surface area contributed by atoms with Crippen molar-refractivity contribution >= 4 is 0 Å². The van der Waals surface area contributed by atoms with Crippen LogP contribution in [0.2, 0.25) is 0 Å². The van der Waals surface area contributed by atoms with Crippen LogP contribution < -0.4 is 10.6 Å². The molecule has 4 rings (SSSR count). The van der Waals surface area contributed by atoms with Crippen molar-refractivity contribution in [2.75, 3.05) is 13.1 Å². The molecule has 5 nitrogen and oxygen atoms in total. The first kappa shape index (κ1) is 37.4.